The Kier molecular flexibility index (Phi) is 3.22. The third-order valence-electron chi connectivity index (χ3n) is 3.53. The Labute approximate surface area is 115 Å². The van der Waals surface area contributed by atoms with Crippen molar-refractivity contribution in [2.45, 2.75) is 19.4 Å². The van der Waals surface area contributed by atoms with Crippen LogP contribution in [0.15, 0.2) is 24.5 Å². The molecule has 1 atom stereocenters. The van der Waals surface area contributed by atoms with E-state index >= 15 is 0 Å². The monoisotopic (exact) mass is 274 g/mol. The van der Waals surface area contributed by atoms with Gasteiger partial charge in [-0.2, -0.15) is 0 Å². The molecule has 20 heavy (non-hydrogen) atoms. The number of likely N-dealkylation sites (N-methyl/N-ethyl adjacent to an activating group) is 1. The van der Waals surface area contributed by atoms with Crippen molar-refractivity contribution < 1.29 is 9.18 Å². The molecule has 2 aromatic rings. The smallest absolute Gasteiger partial charge is 0.224 e. The Balaban J connectivity index is 1.88. The van der Waals surface area contributed by atoms with Crippen molar-refractivity contribution >= 4 is 22.6 Å². The minimum atomic E-state index is -0.326. The average molecular weight is 274 g/mol. The van der Waals surface area contributed by atoms with Crippen LogP contribution in [0.3, 0.4) is 0 Å². The summed E-state index contributed by atoms with van der Waals surface area (Å²) in [7, 11) is 0. The van der Waals surface area contributed by atoms with Crippen LogP contribution in [0.5, 0.6) is 0 Å². The highest BCUT2D eigenvalue weighted by molar-refractivity contribution is 5.89. The summed E-state index contributed by atoms with van der Waals surface area (Å²) < 4.78 is 13.4. The van der Waals surface area contributed by atoms with Gasteiger partial charge in [-0.25, -0.2) is 14.4 Å². The first-order valence-electron chi connectivity index (χ1n) is 6.62. The zero-order valence-electron chi connectivity index (χ0n) is 11.1. The van der Waals surface area contributed by atoms with Gasteiger partial charge in [0.05, 0.1) is 11.6 Å². The van der Waals surface area contributed by atoms with E-state index in [1.165, 1.54) is 18.5 Å². The maximum atomic E-state index is 13.4. The Morgan fingerprint density at radius 1 is 1.45 bits per heavy atom. The van der Waals surface area contributed by atoms with Gasteiger partial charge in [-0.3, -0.25) is 4.79 Å². The lowest BCUT2D eigenvalue weighted by Crippen LogP contribution is -2.27. The van der Waals surface area contributed by atoms with Crippen molar-refractivity contribution in [3.8, 4) is 0 Å². The quantitative estimate of drug-likeness (QED) is 0.927. The number of hydrogen-bond donors (Lipinski definition) is 1. The first kappa shape index (κ1) is 12.8. The molecule has 1 N–H and O–H groups in total. The van der Waals surface area contributed by atoms with Gasteiger partial charge in [0.25, 0.3) is 0 Å². The summed E-state index contributed by atoms with van der Waals surface area (Å²) in [4.78, 5) is 21.8. The second kappa shape index (κ2) is 5.03. The first-order chi connectivity index (χ1) is 9.67. The van der Waals surface area contributed by atoms with Crippen LogP contribution in [-0.2, 0) is 4.79 Å². The lowest BCUT2D eigenvalue weighted by molar-refractivity contribution is -0.127. The van der Waals surface area contributed by atoms with Crippen LogP contribution < -0.4 is 5.32 Å². The van der Waals surface area contributed by atoms with Crippen molar-refractivity contribution in [2.24, 2.45) is 0 Å². The number of anilines is 1. The zero-order chi connectivity index (χ0) is 14.1. The fraction of sp³-hybridized carbons (Fsp3) is 0.357. The number of amides is 1. The topological polar surface area (TPSA) is 58.1 Å². The number of likely N-dealkylation sites (tertiary alicyclic amines) is 1. The predicted octanol–water partition coefficient (Wildman–Crippen LogP) is 1.80. The number of benzene rings is 1. The van der Waals surface area contributed by atoms with Crippen molar-refractivity contribution in [3.05, 3.63) is 30.3 Å². The van der Waals surface area contributed by atoms with E-state index in [1.54, 1.807) is 11.0 Å². The first-order valence-corrected chi connectivity index (χ1v) is 6.62. The molecule has 104 valence electrons. The average Bonchev–Trinajstić information content (AvgIpc) is 2.79. The van der Waals surface area contributed by atoms with E-state index in [-0.39, 0.29) is 17.8 Å². The van der Waals surface area contributed by atoms with Crippen molar-refractivity contribution in [1.29, 1.82) is 0 Å². The minimum absolute atomic E-state index is 0.00353. The van der Waals surface area contributed by atoms with Crippen molar-refractivity contribution in [1.82, 2.24) is 14.9 Å². The summed E-state index contributed by atoms with van der Waals surface area (Å²) in [6.45, 7) is 3.31. The molecule has 0 bridgehead atoms. The molecule has 1 fully saturated rings. The van der Waals surface area contributed by atoms with Gasteiger partial charge in [-0.05, 0) is 25.1 Å². The molecule has 6 heteroatoms. The van der Waals surface area contributed by atoms with Gasteiger partial charge in [0.1, 0.15) is 18.0 Å². The summed E-state index contributed by atoms with van der Waals surface area (Å²) in [6, 6.07) is 4.41. The van der Waals surface area contributed by atoms with Crippen LogP contribution in [0, 0.1) is 5.82 Å². The highest BCUT2D eigenvalue weighted by Crippen LogP contribution is 2.23. The van der Waals surface area contributed by atoms with Gasteiger partial charge in [-0.1, -0.05) is 0 Å². The Morgan fingerprint density at radius 2 is 2.30 bits per heavy atom. The highest BCUT2D eigenvalue weighted by atomic mass is 19.1. The fourth-order valence-corrected chi connectivity index (χ4v) is 2.51. The second-order valence-corrected chi connectivity index (χ2v) is 4.86. The van der Waals surface area contributed by atoms with Crippen molar-refractivity contribution in [3.63, 3.8) is 0 Å². The summed E-state index contributed by atoms with van der Waals surface area (Å²) in [6.07, 6.45) is 1.88. The number of hydrogen-bond acceptors (Lipinski definition) is 4. The number of nitrogens with zero attached hydrogens (tertiary/aromatic N) is 3. The van der Waals surface area contributed by atoms with Gasteiger partial charge < -0.3 is 10.2 Å². The van der Waals surface area contributed by atoms with Gasteiger partial charge in [0.2, 0.25) is 5.91 Å². The van der Waals surface area contributed by atoms with E-state index in [9.17, 15) is 9.18 Å². The maximum absolute atomic E-state index is 13.4. The Hall–Kier alpha value is -2.24. The zero-order valence-corrected chi connectivity index (χ0v) is 11.1. The Bertz CT molecular complexity index is 661. The number of aromatic nitrogens is 2. The summed E-state index contributed by atoms with van der Waals surface area (Å²) >= 11 is 0. The molecule has 1 aliphatic rings. The molecule has 3 rings (SSSR count). The third kappa shape index (κ3) is 2.29. The molecule has 1 aliphatic heterocycles. The molecular weight excluding hydrogens is 259 g/mol. The van der Waals surface area contributed by atoms with Crippen LogP contribution in [0.4, 0.5) is 10.2 Å². The molecule has 1 amide bonds. The number of carbonyl (C=O) groups is 1. The summed E-state index contributed by atoms with van der Waals surface area (Å²) in [5.74, 6) is 0.382. The molecule has 1 aromatic heterocycles. The molecule has 0 saturated carbocycles. The lowest BCUT2D eigenvalue weighted by atomic mass is 10.2. The Morgan fingerprint density at radius 3 is 3.05 bits per heavy atom. The van der Waals surface area contributed by atoms with E-state index in [1.807, 2.05) is 6.92 Å². The van der Waals surface area contributed by atoms with Crippen molar-refractivity contribution in [2.75, 3.05) is 18.4 Å². The largest absolute Gasteiger partial charge is 0.364 e. The summed E-state index contributed by atoms with van der Waals surface area (Å²) in [5.41, 5.74) is 0.681. The molecule has 2 heterocycles. The molecule has 1 saturated heterocycles. The van der Waals surface area contributed by atoms with Crippen LogP contribution in [-0.4, -0.2) is 39.9 Å². The molecule has 0 radical (unpaired) electrons. The van der Waals surface area contributed by atoms with Gasteiger partial charge in [0, 0.05) is 24.9 Å². The van der Waals surface area contributed by atoms with Crippen LogP contribution in [0.1, 0.15) is 13.3 Å². The maximum Gasteiger partial charge on any atom is 0.224 e. The van der Waals surface area contributed by atoms with Crippen LogP contribution in [0.25, 0.3) is 10.9 Å². The fourth-order valence-electron chi connectivity index (χ4n) is 2.51. The number of fused-ring (bicyclic) bond motifs is 1. The van der Waals surface area contributed by atoms with E-state index in [0.717, 1.165) is 0 Å². The molecule has 0 aliphatic carbocycles. The van der Waals surface area contributed by atoms with Gasteiger partial charge in [-0.15, -0.1) is 0 Å². The minimum Gasteiger partial charge on any atom is -0.364 e. The molecule has 0 unspecified atom stereocenters. The molecular formula is C14H15FN4O. The number of halogens is 1. The second-order valence-electron chi connectivity index (χ2n) is 4.86. The lowest BCUT2D eigenvalue weighted by Gasteiger charge is -2.15. The number of rotatable bonds is 3. The van der Waals surface area contributed by atoms with Gasteiger partial charge in [0.15, 0.2) is 0 Å². The van der Waals surface area contributed by atoms with E-state index < -0.39 is 0 Å². The number of nitrogens with one attached hydrogen (secondary N) is 1. The molecule has 1 aromatic carbocycles. The normalized spacial score (nSPS) is 18.8. The van der Waals surface area contributed by atoms with E-state index in [2.05, 4.69) is 15.3 Å². The van der Waals surface area contributed by atoms with Crippen LogP contribution in [0.2, 0.25) is 0 Å². The van der Waals surface area contributed by atoms with E-state index in [0.29, 0.717) is 36.2 Å². The highest BCUT2D eigenvalue weighted by Gasteiger charge is 2.28. The summed E-state index contributed by atoms with van der Waals surface area (Å²) in [5, 5.41) is 3.86. The standard InChI is InChI=1S/C14H15FN4O/c1-2-19-7-10(6-13(19)20)18-14-11-5-9(15)3-4-12(11)16-8-17-14/h3-5,8,10H,2,6-7H2,1H3,(H,16,17,18)/t10-/m0/s1. The van der Waals surface area contributed by atoms with Gasteiger partial charge >= 0.3 is 0 Å². The molecule has 0 spiro atoms. The predicted molar refractivity (Wildman–Crippen MR) is 73.8 cm³/mol. The van der Waals surface area contributed by atoms with E-state index in [4.69, 9.17) is 0 Å². The SMILES string of the molecule is CCN1C[C@@H](Nc2ncnc3ccc(F)cc23)CC1=O. The third-order valence-corrected chi connectivity index (χ3v) is 3.53. The number of carbonyl (C=O) groups excluding carboxylic acids is 1. The van der Waals surface area contributed by atoms with Crippen LogP contribution >= 0.6 is 0 Å². The molecule has 5 nitrogen and oxygen atoms in total.